The number of anilines is 2. The number of rotatable bonds is 7. The highest BCUT2D eigenvalue weighted by Crippen LogP contribution is 2.18. The van der Waals surface area contributed by atoms with E-state index in [0.29, 0.717) is 35.1 Å². The monoisotopic (exact) mass is 461 g/mol. The fourth-order valence-electron chi connectivity index (χ4n) is 3.00. The van der Waals surface area contributed by atoms with E-state index in [4.69, 9.17) is 17.0 Å². The standard InChI is InChI=1S/C26H27N3O3S/c1-18(2)17-32-23-14-12-19(13-15-23)24(30)28-26(33)27-21-9-7-8-20(16-21)25(31)29(3)22-10-5-4-6-11-22/h4-16,18H,17H2,1-3H3,(H2,27,28,30,33). The maximum absolute atomic E-state index is 12.8. The number of thiocarbonyl (C=S) groups is 1. The van der Waals surface area contributed by atoms with E-state index in [0.717, 1.165) is 5.69 Å². The van der Waals surface area contributed by atoms with Crippen LogP contribution in [0.15, 0.2) is 78.9 Å². The summed E-state index contributed by atoms with van der Waals surface area (Å²) in [5, 5.41) is 5.76. The number of carbonyl (C=O) groups excluding carboxylic acids is 2. The number of benzene rings is 3. The Bertz CT molecular complexity index is 1120. The zero-order chi connectivity index (χ0) is 23.8. The number of carbonyl (C=O) groups is 2. The van der Waals surface area contributed by atoms with Crippen LogP contribution in [0.2, 0.25) is 0 Å². The predicted molar refractivity (Wildman–Crippen MR) is 136 cm³/mol. The van der Waals surface area contributed by atoms with Crippen LogP contribution in [0, 0.1) is 5.92 Å². The minimum atomic E-state index is -0.334. The molecule has 0 spiro atoms. The zero-order valence-electron chi connectivity index (χ0n) is 18.9. The molecule has 0 unspecified atom stereocenters. The van der Waals surface area contributed by atoms with Crippen LogP contribution in [0.5, 0.6) is 5.75 Å². The topological polar surface area (TPSA) is 70.7 Å². The second kappa shape index (κ2) is 11.2. The highest BCUT2D eigenvalue weighted by Gasteiger charge is 2.14. The lowest BCUT2D eigenvalue weighted by atomic mass is 10.1. The van der Waals surface area contributed by atoms with Gasteiger partial charge in [0.1, 0.15) is 5.75 Å². The third kappa shape index (κ3) is 6.89. The minimum absolute atomic E-state index is 0.140. The maximum atomic E-state index is 12.8. The van der Waals surface area contributed by atoms with Crippen LogP contribution >= 0.6 is 12.2 Å². The molecule has 2 N–H and O–H groups in total. The molecule has 0 aliphatic heterocycles. The van der Waals surface area contributed by atoms with Crippen molar-refractivity contribution >= 4 is 40.5 Å². The number of hydrogen-bond donors (Lipinski definition) is 2. The SMILES string of the molecule is CC(C)COc1ccc(C(=O)NC(=S)Nc2cccc(C(=O)N(C)c3ccccc3)c2)cc1. The Labute approximate surface area is 199 Å². The Balaban J connectivity index is 1.59. The van der Waals surface area contributed by atoms with E-state index in [1.165, 1.54) is 0 Å². The second-order valence-electron chi connectivity index (χ2n) is 7.92. The van der Waals surface area contributed by atoms with Crippen molar-refractivity contribution in [2.45, 2.75) is 13.8 Å². The van der Waals surface area contributed by atoms with Crippen molar-refractivity contribution in [3.63, 3.8) is 0 Å². The van der Waals surface area contributed by atoms with Crippen molar-refractivity contribution < 1.29 is 14.3 Å². The van der Waals surface area contributed by atoms with E-state index in [1.54, 1.807) is 60.5 Å². The normalized spacial score (nSPS) is 10.4. The van der Waals surface area contributed by atoms with Gasteiger partial charge in [-0.2, -0.15) is 0 Å². The zero-order valence-corrected chi connectivity index (χ0v) is 19.7. The van der Waals surface area contributed by atoms with Gasteiger partial charge in [-0.25, -0.2) is 0 Å². The average molecular weight is 462 g/mol. The molecular formula is C26H27N3O3S. The van der Waals surface area contributed by atoms with Crippen LogP contribution in [0.3, 0.4) is 0 Å². The molecule has 3 rings (SSSR count). The fourth-order valence-corrected chi connectivity index (χ4v) is 3.21. The van der Waals surface area contributed by atoms with Crippen LogP contribution in [0.1, 0.15) is 34.6 Å². The van der Waals surface area contributed by atoms with Crippen molar-refractivity contribution in [2.24, 2.45) is 5.92 Å². The van der Waals surface area contributed by atoms with Crippen LogP contribution in [0.4, 0.5) is 11.4 Å². The molecule has 0 aromatic heterocycles. The van der Waals surface area contributed by atoms with Crippen LogP contribution in [-0.2, 0) is 0 Å². The van der Waals surface area contributed by atoms with Gasteiger partial charge in [0, 0.05) is 29.5 Å². The first-order chi connectivity index (χ1) is 15.8. The number of ether oxygens (including phenoxy) is 1. The van der Waals surface area contributed by atoms with Crippen molar-refractivity contribution in [3.05, 3.63) is 90.0 Å². The van der Waals surface area contributed by atoms with Crippen LogP contribution in [-0.4, -0.2) is 30.6 Å². The van der Waals surface area contributed by atoms with Crippen molar-refractivity contribution in [1.82, 2.24) is 5.32 Å². The van der Waals surface area contributed by atoms with E-state index >= 15 is 0 Å². The molecular weight excluding hydrogens is 434 g/mol. The summed E-state index contributed by atoms with van der Waals surface area (Å²) in [6, 6.07) is 23.2. The molecule has 170 valence electrons. The molecule has 2 amide bonds. The Morgan fingerprint density at radius 2 is 1.64 bits per heavy atom. The predicted octanol–water partition coefficient (Wildman–Crippen LogP) is 5.12. The summed E-state index contributed by atoms with van der Waals surface area (Å²) in [5.74, 6) is 0.644. The van der Waals surface area contributed by atoms with Gasteiger partial charge in [-0.15, -0.1) is 0 Å². The van der Waals surface area contributed by atoms with Gasteiger partial charge in [-0.3, -0.25) is 14.9 Å². The maximum Gasteiger partial charge on any atom is 0.258 e. The van der Waals surface area contributed by atoms with Gasteiger partial charge >= 0.3 is 0 Å². The Morgan fingerprint density at radius 1 is 0.939 bits per heavy atom. The Kier molecular flexibility index (Phi) is 8.16. The molecule has 0 aliphatic carbocycles. The molecule has 0 heterocycles. The minimum Gasteiger partial charge on any atom is -0.493 e. The van der Waals surface area contributed by atoms with Crippen molar-refractivity contribution in [1.29, 1.82) is 0 Å². The number of hydrogen-bond acceptors (Lipinski definition) is 4. The van der Waals surface area contributed by atoms with Gasteiger partial charge in [-0.05, 0) is 72.7 Å². The lowest BCUT2D eigenvalue weighted by molar-refractivity contribution is 0.0974. The van der Waals surface area contributed by atoms with E-state index in [9.17, 15) is 9.59 Å². The van der Waals surface area contributed by atoms with Gasteiger partial charge < -0.3 is 15.0 Å². The van der Waals surface area contributed by atoms with E-state index in [2.05, 4.69) is 24.5 Å². The van der Waals surface area contributed by atoms with Gasteiger partial charge in [-0.1, -0.05) is 38.1 Å². The quantitative estimate of drug-likeness (QED) is 0.478. The number of para-hydroxylation sites is 1. The molecule has 3 aromatic carbocycles. The van der Waals surface area contributed by atoms with Gasteiger partial charge in [0.2, 0.25) is 0 Å². The third-order valence-corrected chi connectivity index (χ3v) is 4.95. The highest BCUT2D eigenvalue weighted by atomic mass is 32.1. The summed E-state index contributed by atoms with van der Waals surface area (Å²) >= 11 is 5.28. The molecule has 0 fully saturated rings. The Morgan fingerprint density at radius 3 is 2.30 bits per heavy atom. The summed E-state index contributed by atoms with van der Waals surface area (Å²) in [7, 11) is 1.72. The second-order valence-corrected chi connectivity index (χ2v) is 8.33. The molecule has 0 bridgehead atoms. The molecule has 0 saturated heterocycles. The first kappa shape index (κ1) is 23.9. The lowest BCUT2D eigenvalue weighted by Crippen LogP contribution is -2.34. The van der Waals surface area contributed by atoms with Crippen LogP contribution < -0.4 is 20.3 Å². The van der Waals surface area contributed by atoms with E-state index in [-0.39, 0.29) is 16.9 Å². The summed E-state index contributed by atoms with van der Waals surface area (Å²) in [6.45, 7) is 4.76. The molecule has 0 aliphatic rings. The first-order valence-corrected chi connectivity index (χ1v) is 11.0. The Hall–Kier alpha value is -3.71. The highest BCUT2D eigenvalue weighted by molar-refractivity contribution is 7.80. The summed E-state index contributed by atoms with van der Waals surface area (Å²) < 4.78 is 5.64. The molecule has 0 saturated carbocycles. The van der Waals surface area contributed by atoms with E-state index in [1.807, 2.05) is 30.3 Å². The van der Waals surface area contributed by atoms with Gasteiger partial charge in [0.05, 0.1) is 6.61 Å². The fraction of sp³-hybridized carbons (Fsp3) is 0.192. The van der Waals surface area contributed by atoms with Gasteiger partial charge in [0.25, 0.3) is 11.8 Å². The molecule has 0 radical (unpaired) electrons. The van der Waals surface area contributed by atoms with Gasteiger partial charge in [0.15, 0.2) is 5.11 Å². The number of nitrogens with one attached hydrogen (secondary N) is 2. The van der Waals surface area contributed by atoms with E-state index < -0.39 is 0 Å². The third-order valence-electron chi connectivity index (χ3n) is 4.74. The molecule has 3 aromatic rings. The number of nitrogens with zero attached hydrogens (tertiary/aromatic N) is 1. The molecule has 7 heteroatoms. The number of amides is 2. The summed E-state index contributed by atoms with van der Waals surface area (Å²) in [4.78, 5) is 26.9. The first-order valence-electron chi connectivity index (χ1n) is 10.6. The smallest absolute Gasteiger partial charge is 0.258 e. The largest absolute Gasteiger partial charge is 0.493 e. The average Bonchev–Trinajstić information content (AvgIpc) is 2.82. The molecule has 33 heavy (non-hydrogen) atoms. The lowest BCUT2D eigenvalue weighted by Gasteiger charge is -2.18. The van der Waals surface area contributed by atoms with Crippen molar-refractivity contribution in [3.8, 4) is 5.75 Å². The van der Waals surface area contributed by atoms with Crippen molar-refractivity contribution in [2.75, 3.05) is 23.9 Å². The van der Waals surface area contributed by atoms with Crippen LogP contribution in [0.25, 0.3) is 0 Å². The summed E-state index contributed by atoms with van der Waals surface area (Å²) in [6.07, 6.45) is 0. The molecule has 6 nitrogen and oxygen atoms in total. The summed E-state index contributed by atoms with van der Waals surface area (Å²) in [5.41, 5.74) is 2.36. The molecule has 0 atom stereocenters.